The van der Waals surface area contributed by atoms with Crippen LogP contribution in [-0.2, 0) is 23.2 Å². The first-order chi connectivity index (χ1) is 11.2. The molecule has 1 saturated heterocycles. The van der Waals surface area contributed by atoms with E-state index in [-0.39, 0.29) is 24.8 Å². The molecule has 2 unspecified atom stereocenters. The van der Waals surface area contributed by atoms with E-state index in [1.807, 2.05) is 0 Å². The van der Waals surface area contributed by atoms with E-state index >= 15 is 0 Å². The van der Waals surface area contributed by atoms with Crippen LogP contribution in [0.3, 0.4) is 0 Å². The Kier molecular flexibility index (Phi) is 5.50. The van der Waals surface area contributed by atoms with Crippen molar-refractivity contribution >= 4 is 12.2 Å². The fourth-order valence-electron chi connectivity index (χ4n) is 4.52. The fraction of sp³-hybridized carbons (Fsp3) is 0.273. The molecule has 2 atom stereocenters. The molecule has 0 spiro atoms. The van der Waals surface area contributed by atoms with Gasteiger partial charge in [0.2, 0.25) is 0 Å². The second-order valence-electron chi connectivity index (χ2n) is 7.13. The van der Waals surface area contributed by atoms with E-state index in [1.54, 1.807) is 33.4 Å². The molecular weight excluding hydrogens is 426 g/mol. The van der Waals surface area contributed by atoms with Gasteiger partial charge >= 0.3 is 150 Å². The van der Waals surface area contributed by atoms with Crippen molar-refractivity contribution in [1.82, 2.24) is 0 Å². The molecule has 1 fully saturated rings. The van der Waals surface area contributed by atoms with E-state index in [4.69, 9.17) is 0 Å². The predicted molar refractivity (Wildman–Crippen MR) is 93.0 cm³/mol. The van der Waals surface area contributed by atoms with Crippen LogP contribution < -0.4 is 24.8 Å². The molecule has 1 aliphatic heterocycles. The van der Waals surface area contributed by atoms with E-state index in [1.165, 1.54) is 24.0 Å². The van der Waals surface area contributed by atoms with Gasteiger partial charge in [-0.3, -0.25) is 0 Å². The SMILES string of the molecule is Cc1cccc2c1C=C1CCC3=Cc4c(C)cccc4[CH]3[Zr+2][CH]12.[Cl-].[Cl-]. The molecule has 25 heavy (non-hydrogen) atoms. The predicted octanol–water partition coefficient (Wildman–Crippen LogP) is -0.236. The topological polar surface area (TPSA) is 0 Å². The van der Waals surface area contributed by atoms with Crippen LogP contribution in [0.15, 0.2) is 47.5 Å². The summed E-state index contributed by atoms with van der Waals surface area (Å²) in [6.45, 7) is 4.54. The summed E-state index contributed by atoms with van der Waals surface area (Å²) in [5.74, 6) is 0. The Morgan fingerprint density at radius 3 is 1.60 bits per heavy atom. The Hall–Kier alpha value is -0.617. The first-order valence-corrected chi connectivity index (χ1v) is 11.4. The quantitative estimate of drug-likeness (QED) is 0.525. The van der Waals surface area contributed by atoms with Gasteiger partial charge in [0.05, 0.1) is 0 Å². The van der Waals surface area contributed by atoms with Crippen molar-refractivity contribution in [2.45, 2.75) is 33.9 Å². The fourth-order valence-corrected chi connectivity index (χ4v) is 9.63. The number of halogens is 2. The minimum atomic E-state index is -0.592. The van der Waals surface area contributed by atoms with E-state index in [2.05, 4.69) is 62.4 Å². The summed E-state index contributed by atoms with van der Waals surface area (Å²) in [5.41, 5.74) is 12.8. The number of hydrogen-bond acceptors (Lipinski definition) is 0. The molecule has 3 heteroatoms. The molecule has 2 aliphatic carbocycles. The Balaban J connectivity index is 0.000000911. The number of aryl methyl sites for hydroxylation is 2. The average molecular weight is 447 g/mol. The summed E-state index contributed by atoms with van der Waals surface area (Å²) in [6.07, 6.45) is 7.62. The molecule has 0 amide bonds. The summed E-state index contributed by atoms with van der Waals surface area (Å²) < 4.78 is 1.60. The Morgan fingerprint density at radius 1 is 0.720 bits per heavy atom. The monoisotopic (exact) mass is 444 g/mol. The van der Waals surface area contributed by atoms with Gasteiger partial charge in [-0.2, -0.15) is 0 Å². The molecule has 1 heterocycles. The van der Waals surface area contributed by atoms with Gasteiger partial charge in [0.15, 0.2) is 0 Å². The number of hydrogen-bond donors (Lipinski definition) is 0. The minimum Gasteiger partial charge on any atom is -1.00 e. The molecule has 5 rings (SSSR count). The van der Waals surface area contributed by atoms with Crippen LogP contribution in [0, 0.1) is 13.8 Å². The van der Waals surface area contributed by atoms with Crippen LogP contribution in [0.25, 0.3) is 12.2 Å². The molecule has 2 aromatic rings. The van der Waals surface area contributed by atoms with Crippen molar-refractivity contribution < 1.29 is 48.0 Å². The molecule has 3 aliphatic rings. The second-order valence-corrected chi connectivity index (χ2v) is 10.8. The molecule has 0 saturated carbocycles. The number of rotatable bonds is 0. The molecule has 0 bridgehead atoms. The van der Waals surface area contributed by atoms with Crippen molar-refractivity contribution in [3.8, 4) is 0 Å². The largest absolute Gasteiger partial charge is 1.00 e. The summed E-state index contributed by atoms with van der Waals surface area (Å²) >= 11 is -0.592. The van der Waals surface area contributed by atoms with Gasteiger partial charge in [0.25, 0.3) is 0 Å². The molecule has 126 valence electrons. The summed E-state index contributed by atoms with van der Waals surface area (Å²) in [4.78, 5) is 0. The smallest absolute Gasteiger partial charge is 1.00 e. The summed E-state index contributed by atoms with van der Waals surface area (Å²) in [7, 11) is 0. The molecule has 0 aromatic heterocycles. The molecule has 0 N–H and O–H groups in total. The zero-order chi connectivity index (χ0) is 15.6. The van der Waals surface area contributed by atoms with Crippen LogP contribution in [-0.4, -0.2) is 0 Å². The first-order valence-electron chi connectivity index (χ1n) is 8.58. The Labute approximate surface area is 174 Å². The maximum Gasteiger partial charge on any atom is -1.00 e. The van der Waals surface area contributed by atoms with Crippen molar-refractivity contribution in [1.29, 1.82) is 0 Å². The Morgan fingerprint density at radius 2 is 1.16 bits per heavy atom. The zero-order valence-electron chi connectivity index (χ0n) is 14.4. The average Bonchev–Trinajstić information content (AvgIpc) is 3.02. The molecular formula is C22H20Cl2Zr. The van der Waals surface area contributed by atoms with Gasteiger partial charge < -0.3 is 24.8 Å². The third kappa shape index (κ3) is 2.93. The van der Waals surface area contributed by atoms with Gasteiger partial charge in [-0.05, 0) is 0 Å². The van der Waals surface area contributed by atoms with Crippen LogP contribution in [0.4, 0.5) is 0 Å². The normalized spacial score (nSPS) is 21.5. The first kappa shape index (κ1) is 19.2. The zero-order valence-corrected chi connectivity index (χ0v) is 18.4. The van der Waals surface area contributed by atoms with Crippen molar-refractivity contribution in [2.24, 2.45) is 0 Å². The van der Waals surface area contributed by atoms with Gasteiger partial charge in [-0.25, -0.2) is 0 Å². The number of benzene rings is 2. The van der Waals surface area contributed by atoms with Crippen molar-refractivity contribution in [2.75, 3.05) is 0 Å². The maximum atomic E-state index is 2.54. The van der Waals surface area contributed by atoms with Crippen LogP contribution in [0.5, 0.6) is 0 Å². The number of allylic oxidation sites excluding steroid dienone is 2. The van der Waals surface area contributed by atoms with E-state index < -0.39 is 23.2 Å². The van der Waals surface area contributed by atoms with Crippen molar-refractivity contribution in [3.63, 3.8) is 0 Å². The van der Waals surface area contributed by atoms with Crippen LogP contribution in [0.2, 0.25) is 0 Å². The second kappa shape index (κ2) is 7.18. The third-order valence-electron chi connectivity index (χ3n) is 5.77. The van der Waals surface area contributed by atoms with Gasteiger partial charge in [-0.15, -0.1) is 0 Å². The van der Waals surface area contributed by atoms with Gasteiger partial charge in [0.1, 0.15) is 0 Å². The molecule has 0 radical (unpaired) electrons. The van der Waals surface area contributed by atoms with E-state index in [9.17, 15) is 0 Å². The maximum absolute atomic E-state index is 2.54. The van der Waals surface area contributed by atoms with Gasteiger partial charge in [-0.1, -0.05) is 0 Å². The van der Waals surface area contributed by atoms with Crippen molar-refractivity contribution in [3.05, 3.63) is 80.9 Å². The van der Waals surface area contributed by atoms with Crippen LogP contribution in [0.1, 0.15) is 53.5 Å². The minimum absolute atomic E-state index is 0. The summed E-state index contributed by atoms with van der Waals surface area (Å²) in [6, 6.07) is 13.9. The number of fused-ring (bicyclic) bond motifs is 6. The van der Waals surface area contributed by atoms with Gasteiger partial charge in [0, 0.05) is 0 Å². The third-order valence-corrected chi connectivity index (χ3v) is 10.8. The van der Waals surface area contributed by atoms with E-state index in [0.717, 1.165) is 7.25 Å². The standard InChI is InChI=1S/C22H20.2ClH.Zr/c1-15-5-3-7-19-11-17(13-21(15)19)9-10-18-12-20-8-4-6-16(2)22(20)14-18;;;/h3-8,11-14H,9-10H2,1-2H3;2*1H;/q;;;+2/p-2. The Bertz CT molecular complexity index is 821. The molecule has 2 aromatic carbocycles. The van der Waals surface area contributed by atoms with E-state index in [0.29, 0.717) is 0 Å². The van der Waals surface area contributed by atoms with Crippen LogP contribution >= 0.6 is 0 Å². The summed E-state index contributed by atoms with van der Waals surface area (Å²) in [5, 5.41) is 0. The molecule has 0 nitrogen and oxygen atoms in total.